The lowest BCUT2D eigenvalue weighted by Crippen LogP contribution is -2.33. The van der Waals surface area contributed by atoms with Gasteiger partial charge in [-0.2, -0.15) is 0 Å². The second-order valence-corrected chi connectivity index (χ2v) is 8.45. The van der Waals surface area contributed by atoms with Crippen LogP contribution in [0.15, 0.2) is 66.1 Å². The molecule has 3 aromatic rings. The minimum Gasteiger partial charge on any atom is -0.508 e. The first-order valence-corrected chi connectivity index (χ1v) is 9.54. The van der Waals surface area contributed by atoms with Crippen LogP contribution in [0.1, 0.15) is 43.9 Å². The van der Waals surface area contributed by atoms with Gasteiger partial charge in [-0.25, -0.2) is 0 Å². The summed E-state index contributed by atoms with van der Waals surface area (Å²) in [6.07, 6.45) is 2.96. The van der Waals surface area contributed by atoms with Gasteiger partial charge in [0.15, 0.2) is 5.78 Å². The number of pyridine rings is 1. The molecule has 1 aliphatic carbocycles. The largest absolute Gasteiger partial charge is 0.508 e. The van der Waals surface area contributed by atoms with Crippen LogP contribution in [0.3, 0.4) is 0 Å². The second-order valence-electron chi connectivity index (χ2n) is 8.45. The van der Waals surface area contributed by atoms with Crippen molar-refractivity contribution >= 4 is 16.6 Å². The monoisotopic (exact) mass is 371 g/mol. The number of allylic oxidation sites excluding steroid dienone is 2. The summed E-state index contributed by atoms with van der Waals surface area (Å²) in [6.45, 7) is 4.20. The van der Waals surface area contributed by atoms with E-state index in [0.717, 1.165) is 40.0 Å². The van der Waals surface area contributed by atoms with Gasteiger partial charge in [0.25, 0.3) is 0 Å². The van der Waals surface area contributed by atoms with Gasteiger partial charge in [-0.15, -0.1) is 0 Å². The predicted molar refractivity (Wildman–Crippen MR) is 107 cm³/mol. The van der Waals surface area contributed by atoms with Crippen LogP contribution in [0.2, 0.25) is 0 Å². The van der Waals surface area contributed by atoms with E-state index < -0.39 is 0 Å². The fraction of sp³-hybridized carbons (Fsp3) is 0.250. The first kappa shape index (κ1) is 17.0. The number of nitrogens with zero attached hydrogens (tertiary/aromatic N) is 1. The van der Waals surface area contributed by atoms with E-state index in [9.17, 15) is 9.90 Å². The van der Waals surface area contributed by atoms with Crippen LogP contribution in [0.5, 0.6) is 11.5 Å². The highest BCUT2D eigenvalue weighted by atomic mass is 16.5. The van der Waals surface area contributed by atoms with E-state index in [4.69, 9.17) is 4.74 Å². The van der Waals surface area contributed by atoms with E-state index in [2.05, 4.69) is 18.8 Å². The van der Waals surface area contributed by atoms with Crippen molar-refractivity contribution in [3.05, 3.63) is 77.3 Å². The molecule has 0 saturated heterocycles. The third-order valence-corrected chi connectivity index (χ3v) is 5.68. The van der Waals surface area contributed by atoms with Gasteiger partial charge in [0.05, 0.1) is 11.6 Å². The number of carbonyl (C=O) groups is 1. The van der Waals surface area contributed by atoms with Crippen molar-refractivity contribution in [2.75, 3.05) is 0 Å². The molecule has 1 atom stereocenters. The third kappa shape index (κ3) is 2.60. The number of aromatic hydroxyl groups is 1. The number of aromatic nitrogens is 1. The van der Waals surface area contributed by atoms with Crippen molar-refractivity contribution in [2.45, 2.75) is 32.6 Å². The van der Waals surface area contributed by atoms with E-state index >= 15 is 0 Å². The fourth-order valence-electron chi connectivity index (χ4n) is 4.51. The summed E-state index contributed by atoms with van der Waals surface area (Å²) in [5, 5.41) is 12.0. The highest BCUT2D eigenvalue weighted by Crippen LogP contribution is 2.51. The zero-order valence-corrected chi connectivity index (χ0v) is 15.9. The van der Waals surface area contributed by atoms with E-state index in [1.165, 1.54) is 0 Å². The standard InChI is InChI=1S/C24H21NO3/c1-24(2)12-18(27)23-20(13-24)28-19-9-7-14-6-8-15(26)11-16(14)21(19)22(23)17-5-3-4-10-25-17/h3-11,22,26H,12-13H2,1-2H3. The molecule has 1 aromatic heterocycles. The Balaban J connectivity index is 1.83. The molecule has 0 spiro atoms. The lowest BCUT2D eigenvalue weighted by Gasteiger charge is -2.38. The topological polar surface area (TPSA) is 59.4 Å². The van der Waals surface area contributed by atoms with Crippen molar-refractivity contribution in [1.82, 2.24) is 4.98 Å². The minimum atomic E-state index is -0.297. The van der Waals surface area contributed by atoms with Gasteiger partial charge in [0, 0.05) is 30.2 Å². The Morgan fingerprint density at radius 1 is 1.11 bits per heavy atom. The Morgan fingerprint density at radius 2 is 1.93 bits per heavy atom. The van der Waals surface area contributed by atoms with Crippen molar-refractivity contribution in [3.63, 3.8) is 0 Å². The molecule has 1 unspecified atom stereocenters. The van der Waals surface area contributed by atoms with Crippen molar-refractivity contribution < 1.29 is 14.6 Å². The molecule has 0 bridgehead atoms. The average molecular weight is 371 g/mol. The van der Waals surface area contributed by atoms with Crippen LogP contribution in [0.4, 0.5) is 0 Å². The molecule has 2 heterocycles. The molecule has 4 heteroatoms. The molecule has 0 amide bonds. The summed E-state index contributed by atoms with van der Waals surface area (Å²) in [5.41, 5.74) is 2.31. The number of rotatable bonds is 1. The molecule has 28 heavy (non-hydrogen) atoms. The van der Waals surface area contributed by atoms with Crippen molar-refractivity contribution in [3.8, 4) is 11.5 Å². The Bertz CT molecular complexity index is 1150. The van der Waals surface area contributed by atoms with Crippen LogP contribution in [-0.2, 0) is 4.79 Å². The number of carbonyl (C=O) groups excluding carboxylic acids is 1. The average Bonchev–Trinajstić information content (AvgIpc) is 2.66. The van der Waals surface area contributed by atoms with E-state index in [-0.39, 0.29) is 22.9 Å². The zero-order chi connectivity index (χ0) is 19.5. The van der Waals surface area contributed by atoms with Crippen LogP contribution in [0, 0.1) is 5.41 Å². The summed E-state index contributed by atoms with van der Waals surface area (Å²) < 4.78 is 6.29. The number of ether oxygens (including phenoxy) is 1. The molecular formula is C24H21NO3. The maximum atomic E-state index is 13.2. The predicted octanol–water partition coefficient (Wildman–Crippen LogP) is 5.11. The third-order valence-electron chi connectivity index (χ3n) is 5.68. The van der Waals surface area contributed by atoms with E-state index in [1.54, 1.807) is 18.3 Å². The quantitative estimate of drug-likeness (QED) is 0.646. The molecule has 1 N–H and O–H groups in total. The van der Waals surface area contributed by atoms with Gasteiger partial charge >= 0.3 is 0 Å². The summed E-state index contributed by atoms with van der Waals surface area (Å²) in [7, 11) is 0. The van der Waals surface area contributed by atoms with Crippen molar-refractivity contribution in [2.24, 2.45) is 5.41 Å². The maximum absolute atomic E-state index is 13.2. The molecular weight excluding hydrogens is 350 g/mol. The van der Waals surface area contributed by atoms with Crippen LogP contribution < -0.4 is 4.74 Å². The normalized spacial score (nSPS) is 20.5. The Labute approximate surface area is 163 Å². The number of Topliss-reactive ketones (excluding diaryl/α,β-unsaturated/α-hetero) is 1. The second kappa shape index (κ2) is 5.93. The van der Waals surface area contributed by atoms with Gasteiger partial charge in [0.2, 0.25) is 0 Å². The Morgan fingerprint density at radius 3 is 2.71 bits per heavy atom. The molecule has 140 valence electrons. The number of hydrogen-bond donors (Lipinski definition) is 1. The molecule has 4 nitrogen and oxygen atoms in total. The van der Waals surface area contributed by atoms with Gasteiger partial charge < -0.3 is 9.84 Å². The smallest absolute Gasteiger partial charge is 0.163 e. The number of ketones is 1. The lowest BCUT2D eigenvalue weighted by atomic mass is 9.70. The summed E-state index contributed by atoms with van der Waals surface area (Å²) in [6, 6.07) is 15.0. The van der Waals surface area contributed by atoms with Gasteiger partial charge in [-0.1, -0.05) is 32.0 Å². The van der Waals surface area contributed by atoms with E-state index in [0.29, 0.717) is 12.0 Å². The van der Waals surface area contributed by atoms with Crippen molar-refractivity contribution in [1.29, 1.82) is 0 Å². The van der Waals surface area contributed by atoms with Crippen LogP contribution in [0.25, 0.3) is 10.8 Å². The molecule has 0 fully saturated rings. The number of hydrogen-bond acceptors (Lipinski definition) is 4. The molecule has 1 aliphatic heterocycles. The molecule has 5 rings (SSSR count). The zero-order valence-electron chi connectivity index (χ0n) is 15.9. The molecule has 0 saturated carbocycles. The van der Waals surface area contributed by atoms with E-state index in [1.807, 2.05) is 36.4 Å². The summed E-state index contributed by atoms with van der Waals surface area (Å²) in [4.78, 5) is 17.8. The summed E-state index contributed by atoms with van der Waals surface area (Å²) >= 11 is 0. The van der Waals surface area contributed by atoms with Crippen LogP contribution >= 0.6 is 0 Å². The Hall–Kier alpha value is -3.14. The first-order chi connectivity index (χ1) is 13.4. The highest BCUT2D eigenvalue weighted by molar-refractivity contribution is 6.02. The van der Waals surface area contributed by atoms with Gasteiger partial charge in [-0.3, -0.25) is 9.78 Å². The molecule has 2 aliphatic rings. The number of benzene rings is 2. The summed E-state index contributed by atoms with van der Waals surface area (Å²) in [5.74, 6) is 1.50. The van der Waals surface area contributed by atoms with Crippen LogP contribution in [-0.4, -0.2) is 15.9 Å². The number of fused-ring (bicyclic) bond motifs is 3. The number of phenolic OH excluding ortho intramolecular Hbond substituents is 1. The number of phenols is 1. The molecule has 0 radical (unpaired) electrons. The fourth-order valence-corrected chi connectivity index (χ4v) is 4.51. The highest BCUT2D eigenvalue weighted by Gasteiger charge is 2.43. The van der Waals surface area contributed by atoms with Gasteiger partial charge in [0.1, 0.15) is 17.3 Å². The maximum Gasteiger partial charge on any atom is 0.163 e. The van der Waals surface area contributed by atoms with Gasteiger partial charge in [-0.05, 0) is 46.5 Å². The lowest BCUT2D eigenvalue weighted by molar-refractivity contribution is -0.118. The first-order valence-electron chi connectivity index (χ1n) is 9.54. The Kier molecular flexibility index (Phi) is 3.60. The SMILES string of the molecule is CC1(C)CC(=O)C2=C(C1)Oc1ccc3ccc(O)cc3c1C2c1ccccn1. The molecule has 2 aromatic carbocycles. The minimum absolute atomic E-state index is 0.115.